The van der Waals surface area contributed by atoms with Gasteiger partial charge in [0.1, 0.15) is 70.5 Å². The van der Waals surface area contributed by atoms with E-state index in [1.807, 2.05) is 71.5 Å². The number of piperidine rings is 2. The Bertz CT molecular complexity index is 5170. The number of aryl methyl sites for hydroxylation is 4. The van der Waals surface area contributed by atoms with E-state index < -0.39 is 77.4 Å². The molecule has 14 rings (SSSR count). The van der Waals surface area contributed by atoms with E-state index in [-0.39, 0.29) is 109 Å². The van der Waals surface area contributed by atoms with Crippen LogP contribution in [-0.4, -0.2) is 158 Å². The molecule has 8 aromatic rings. The predicted octanol–water partition coefficient (Wildman–Crippen LogP) is 11.2. The van der Waals surface area contributed by atoms with Crippen molar-refractivity contribution in [2.75, 3.05) is 19.8 Å². The van der Waals surface area contributed by atoms with E-state index in [0.29, 0.717) is 59.7 Å². The number of carboxylic acids is 1. The number of hydrogen-bond acceptors (Lipinski definition) is 22. The van der Waals surface area contributed by atoms with Gasteiger partial charge in [-0.25, -0.2) is 0 Å². The number of aliphatic imine (C=N–C) groups is 2. The number of thiophene rings is 2. The van der Waals surface area contributed by atoms with Gasteiger partial charge in [0.15, 0.2) is 23.2 Å². The Labute approximate surface area is 655 Å². The van der Waals surface area contributed by atoms with Crippen LogP contribution in [0.25, 0.3) is 10.0 Å². The van der Waals surface area contributed by atoms with E-state index in [4.69, 9.17) is 42.7 Å². The molecule has 10 heterocycles. The molecule has 2 fully saturated rings. The average molecular weight is 1590 g/mol. The molecule has 576 valence electrons. The zero-order chi connectivity index (χ0) is 79.2. The molecule has 9 amide bonds. The Hall–Kier alpha value is -11.1. The largest absolute Gasteiger partial charge is 0.485 e. The highest BCUT2D eigenvalue weighted by atomic mass is 35.5. The number of nitrogens with zero attached hydrogens (tertiary/aromatic N) is 10. The molecule has 6 aliphatic heterocycles. The molecule has 2 saturated heterocycles. The second-order valence-electron chi connectivity index (χ2n) is 27.5. The van der Waals surface area contributed by atoms with Crippen LogP contribution in [0.4, 0.5) is 0 Å². The summed E-state index contributed by atoms with van der Waals surface area (Å²) in [6, 6.07) is 20.7. The van der Waals surface area contributed by atoms with E-state index in [1.54, 1.807) is 34.8 Å². The highest BCUT2D eigenvalue weighted by Gasteiger charge is 2.48. The Morgan fingerprint density at radius 1 is 0.532 bits per heavy atom. The van der Waals surface area contributed by atoms with Crippen LogP contribution in [0.5, 0.6) is 11.5 Å². The third kappa shape index (κ3) is 17.0. The Morgan fingerprint density at radius 3 is 1.37 bits per heavy atom. The monoisotopic (exact) mass is 1580 g/mol. The van der Waals surface area contributed by atoms with Gasteiger partial charge in [0.05, 0.1) is 46.5 Å². The summed E-state index contributed by atoms with van der Waals surface area (Å²) in [6.07, 6.45) is 6.56. The van der Waals surface area contributed by atoms with Gasteiger partial charge in [-0.2, -0.15) is 0 Å². The third-order valence-corrected chi connectivity index (χ3v) is 22.8. The van der Waals surface area contributed by atoms with Crippen LogP contribution in [0.1, 0.15) is 223 Å². The molecule has 2 unspecified atom stereocenters. The number of hydrogen-bond donors (Lipinski definition) is 4. The van der Waals surface area contributed by atoms with Crippen LogP contribution in [0.3, 0.4) is 0 Å². The van der Waals surface area contributed by atoms with Gasteiger partial charge in [-0.3, -0.25) is 97.1 Å². The topological polar surface area (TPSA) is 372 Å². The van der Waals surface area contributed by atoms with Gasteiger partial charge in [-0.15, -0.1) is 43.1 Å². The number of ketones is 2. The number of imide groups is 4. The molecule has 32 heteroatoms. The molecule has 0 saturated carbocycles. The number of aliphatic carboxylic acids is 1. The zero-order valence-electron chi connectivity index (χ0n) is 61.8. The van der Waals surface area contributed by atoms with Gasteiger partial charge >= 0.3 is 5.97 Å². The number of carbonyl (C=O) groups is 12. The lowest BCUT2D eigenvalue weighted by atomic mass is 9.99. The maximum absolute atomic E-state index is 13.3. The molecular weight excluding hydrogens is 1510 g/mol. The number of Topliss-reactive ketones (excluding diaryl/α,β-unsaturated/α-hetero) is 2. The van der Waals surface area contributed by atoms with Crippen molar-refractivity contribution in [3.8, 4) is 21.5 Å². The SMILES string of the molecule is CCCCCCC(=O)COc1cccc2c1C(=O)N(C1CCC(=O)NC1=O)C2=O.Cc1sc2c(c1C)C(c1ccc(Cl)cc1)=N[C@H](CC(=O)NCCCCCC(=O)COc1cccc3c1C(=O)N(C1CCC(=O)NC1=O)C3=O)c1nnc(C)n1-2.Cc1sc2c(c1C)C(c1ccc(Cl)cc1)=N[C@H](CC(=O)O)c1nnc(C)n1-2. The van der Waals surface area contributed by atoms with Crippen LogP contribution in [0.15, 0.2) is 94.9 Å². The van der Waals surface area contributed by atoms with E-state index in [0.717, 1.165) is 101 Å². The number of benzene rings is 4. The van der Waals surface area contributed by atoms with E-state index in [1.165, 1.54) is 29.1 Å². The summed E-state index contributed by atoms with van der Waals surface area (Å²) in [5.74, 6) is -3.42. The quantitative estimate of drug-likeness (QED) is 0.0305. The summed E-state index contributed by atoms with van der Waals surface area (Å²) >= 11 is 15.6. The zero-order valence-corrected chi connectivity index (χ0v) is 65.0. The number of fused-ring (bicyclic) bond motifs is 8. The molecule has 6 aliphatic rings. The summed E-state index contributed by atoms with van der Waals surface area (Å²) in [4.78, 5) is 163. The van der Waals surface area contributed by atoms with Crippen molar-refractivity contribution < 1.29 is 72.1 Å². The molecule has 0 aliphatic carbocycles. The molecule has 4 aromatic heterocycles. The summed E-state index contributed by atoms with van der Waals surface area (Å²) in [5, 5.41) is 37.2. The minimum absolute atomic E-state index is 0.00633. The van der Waals surface area contributed by atoms with Gasteiger partial charge in [0, 0.05) is 74.3 Å². The number of halogens is 2. The second kappa shape index (κ2) is 34.5. The number of rotatable bonds is 25. The first kappa shape index (κ1) is 79.5. The van der Waals surface area contributed by atoms with Crippen LogP contribution in [0.2, 0.25) is 10.0 Å². The highest BCUT2D eigenvalue weighted by Crippen LogP contribution is 2.43. The van der Waals surface area contributed by atoms with Gasteiger partial charge in [-0.1, -0.05) is 92.2 Å². The minimum atomic E-state index is -1.10. The normalized spacial score (nSPS) is 17.4. The summed E-state index contributed by atoms with van der Waals surface area (Å²) in [5.41, 5.74) is 7.80. The Morgan fingerprint density at radius 2 is 0.955 bits per heavy atom. The second-order valence-corrected chi connectivity index (χ2v) is 30.8. The van der Waals surface area contributed by atoms with Gasteiger partial charge in [-0.05, 0) is 133 Å². The Kier molecular flexibility index (Phi) is 24.7. The molecule has 0 bridgehead atoms. The van der Waals surface area contributed by atoms with Crippen molar-refractivity contribution >= 4 is 128 Å². The smallest absolute Gasteiger partial charge is 0.306 e. The minimum Gasteiger partial charge on any atom is -0.485 e. The van der Waals surface area contributed by atoms with E-state index in [2.05, 4.69) is 71.0 Å². The van der Waals surface area contributed by atoms with Crippen LogP contribution in [-0.2, 0) is 38.4 Å². The summed E-state index contributed by atoms with van der Waals surface area (Å²) in [6.45, 7) is 14.1. The third-order valence-electron chi connectivity index (χ3n) is 19.9. The number of nitrogens with one attached hydrogen (secondary N) is 3. The standard InChI is InChI=1S/C39H38ClN7O7S.C21H24N2O6.C19H17ClN4O2S/c1-20-21(2)55-39-32(20)34(23-11-13-24(40)14-12-23)42-27(35-45-44-22(3)46(35)39)18-31(50)41-17-6-4-5-8-25(48)19-54-29-10-7-9-26-33(29)38(53)47(37(26)52)28-15-16-30(49)43-36(28)51;1-2-3-4-5-7-13(24)12-29-16-9-6-8-14-18(16)21(28)23(20(14)27)15-10-11-17(25)22-19(15)26;1-9-10(2)27-19-16(9)17(12-4-6-13(20)7-5-12)21-14(8-15(25)26)18-23-22-11(3)24(18)19/h7,9-14,27-28H,4-6,8,15-19H2,1-3H3,(H,41,50)(H,43,49,51);6,8-9,15H,2-5,7,10-12H2,1H3,(H,22,25,26);4-7,14H,8H2,1-3H3,(H,25,26)/t27-,28?;;14-/m1.1/s1. The number of carboxylic acid groups (broad SMARTS) is 1. The molecule has 28 nitrogen and oxygen atoms in total. The lowest BCUT2D eigenvalue weighted by molar-refractivity contribution is -0.138. The maximum Gasteiger partial charge on any atom is 0.306 e. The van der Waals surface area contributed by atoms with Crippen molar-refractivity contribution in [3.63, 3.8) is 0 Å². The highest BCUT2D eigenvalue weighted by molar-refractivity contribution is 7.15. The Balaban J connectivity index is 0.000000171. The van der Waals surface area contributed by atoms with Crippen molar-refractivity contribution in [2.45, 2.75) is 169 Å². The summed E-state index contributed by atoms with van der Waals surface area (Å²) < 4.78 is 15.2. The van der Waals surface area contributed by atoms with Crippen molar-refractivity contribution in [1.82, 2.24) is 55.3 Å². The average Bonchev–Trinajstić information content (AvgIpc) is 1.61. The molecular formula is C79H79Cl2N13O15S2. The fourth-order valence-corrected chi connectivity index (χ4v) is 16.6. The molecule has 0 radical (unpaired) electrons. The number of ether oxygens (including phenoxy) is 2. The lowest BCUT2D eigenvalue weighted by Gasteiger charge is -2.27. The summed E-state index contributed by atoms with van der Waals surface area (Å²) in [7, 11) is 0. The van der Waals surface area contributed by atoms with Crippen molar-refractivity contribution in [1.29, 1.82) is 0 Å². The number of amides is 9. The number of carbonyl (C=O) groups excluding carboxylic acids is 11. The van der Waals surface area contributed by atoms with E-state index >= 15 is 0 Å². The molecule has 4 atom stereocenters. The predicted molar refractivity (Wildman–Crippen MR) is 411 cm³/mol. The molecule has 0 spiro atoms. The fraction of sp³-hybridized carbons (Fsp3) is 0.367. The fourth-order valence-electron chi connectivity index (χ4n) is 13.9. The number of unbranched alkanes of at least 4 members (excludes halogenated alkanes) is 5. The first-order chi connectivity index (χ1) is 53.2. The van der Waals surface area contributed by atoms with Crippen LogP contribution >= 0.6 is 45.9 Å². The van der Waals surface area contributed by atoms with Crippen molar-refractivity contribution in [3.05, 3.63) is 184 Å². The molecule has 4 N–H and O–H groups in total. The first-order valence-corrected chi connectivity index (χ1v) is 38.8. The molecule has 4 aromatic carbocycles. The lowest BCUT2D eigenvalue weighted by Crippen LogP contribution is -2.54. The van der Waals surface area contributed by atoms with Gasteiger partial charge in [0.25, 0.3) is 23.6 Å². The van der Waals surface area contributed by atoms with Crippen LogP contribution < -0.4 is 25.4 Å². The van der Waals surface area contributed by atoms with Gasteiger partial charge in [0.2, 0.25) is 29.5 Å². The van der Waals surface area contributed by atoms with Crippen LogP contribution in [0, 0.1) is 41.5 Å². The van der Waals surface area contributed by atoms with E-state index in [9.17, 15) is 62.6 Å². The van der Waals surface area contributed by atoms with Gasteiger partial charge < -0.3 is 19.9 Å². The van der Waals surface area contributed by atoms with Crippen molar-refractivity contribution in [2.24, 2.45) is 9.98 Å². The first-order valence-electron chi connectivity index (χ1n) is 36.4. The maximum atomic E-state index is 13.3. The number of aromatic nitrogens is 6. The molecule has 111 heavy (non-hydrogen) atoms.